The van der Waals surface area contributed by atoms with Crippen LogP contribution in [0.5, 0.6) is 5.75 Å². The molecule has 122 valence electrons. The maximum absolute atomic E-state index is 12.4. The lowest BCUT2D eigenvalue weighted by Gasteiger charge is -2.26. The standard InChI is InChI=1S/C18H21ClN2O2/c1-21(2)16(13-8-4-6-10-15(13)19)12-20-18(22)14-9-5-7-11-17(14)23-3/h4-11,16H,12H2,1-3H3,(H,20,22)/t16-/m1/s1. The minimum Gasteiger partial charge on any atom is -0.496 e. The summed E-state index contributed by atoms with van der Waals surface area (Å²) in [5.74, 6) is 0.394. The number of nitrogens with one attached hydrogen (secondary N) is 1. The van der Waals surface area contributed by atoms with Crippen LogP contribution in [-0.2, 0) is 0 Å². The normalized spacial score (nSPS) is 12.0. The molecule has 0 aliphatic rings. The minimum absolute atomic E-state index is 0.0117. The second-order valence-electron chi connectivity index (χ2n) is 5.41. The van der Waals surface area contributed by atoms with Gasteiger partial charge < -0.3 is 15.0 Å². The lowest BCUT2D eigenvalue weighted by atomic mass is 10.1. The van der Waals surface area contributed by atoms with Crippen LogP contribution in [0.3, 0.4) is 0 Å². The number of hydrogen-bond donors (Lipinski definition) is 1. The predicted octanol–water partition coefficient (Wildman–Crippen LogP) is 3.38. The van der Waals surface area contributed by atoms with Gasteiger partial charge in [0.2, 0.25) is 0 Å². The third-order valence-electron chi connectivity index (χ3n) is 3.70. The van der Waals surface area contributed by atoms with E-state index in [1.54, 1.807) is 19.2 Å². The molecule has 0 bridgehead atoms. The van der Waals surface area contributed by atoms with Crippen molar-refractivity contribution in [3.8, 4) is 5.75 Å². The summed E-state index contributed by atoms with van der Waals surface area (Å²) < 4.78 is 5.23. The Balaban J connectivity index is 2.13. The minimum atomic E-state index is -0.165. The number of methoxy groups -OCH3 is 1. The average molecular weight is 333 g/mol. The molecule has 1 atom stereocenters. The maximum atomic E-state index is 12.4. The van der Waals surface area contributed by atoms with E-state index in [0.29, 0.717) is 22.9 Å². The van der Waals surface area contributed by atoms with Crippen LogP contribution in [0.4, 0.5) is 0 Å². The molecule has 0 unspecified atom stereocenters. The Morgan fingerprint density at radius 2 is 1.83 bits per heavy atom. The van der Waals surface area contributed by atoms with Gasteiger partial charge in [0.15, 0.2) is 0 Å². The smallest absolute Gasteiger partial charge is 0.255 e. The lowest BCUT2D eigenvalue weighted by Crippen LogP contribution is -2.34. The topological polar surface area (TPSA) is 41.6 Å². The number of amides is 1. The van der Waals surface area contributed by atoms with Crippen molar-refractivity contribution in [2.24, 2.45) is 0 Å². The SMILES string of the molecule is COc1ccccc1C(=O)NC[C@H](c1ccccc1Cl)N(C)C. The second kappa shape index (κ2) is 7.99. The first-order valence-corrected chi connectivity index (χ1v) is 7.74. The van der Waals surface area contributed by atoms with E-state index < -0.39 is 0 Å². The molecule has 0 saturated carbocycles. The van der Waals surface area contributed by atoms with E-state index in [-0.39, 0.29) is 11.9 Å². The number of carbonyl (C=O) groups is 1. The van der Waals surface area contributed by atoms with Crippen LogP contribution in [0.2, 0.25) is 5.02 Å². The van der Waals surface area contributed by atoms with Gasteiger partial charge in [0, 0.05) is 11.6 Å². The van der Waals surface area contributed by atoms with E-state index in [4.69, 9.17) is 16.3 Å². The molecule has 5 heteroatoms. The zero-order valence-corrected chi connectivity index (χ0v) is 14.3. The van der Waals surface area contributed by atoms with Crippen molar-refractivity contribution in [3.63, 3.8) is 0 Å². The fourth-order valence-corrected chi connectivity index (χ4v) is 2.69. The van der Waals surface area contributed by atoms with Gasteiger partial charge in [-0.1, -0.05) is 41.9 Å². The summed E-state index contributed by atoms with van der Waals surface area (Å²) in [6, 6.07) is 14.8. The van der Waals surface area contributed by atoms with Gasteiger partial charge in [0.25, 0.3) is 5.91 Å². The summed E-state index contributed by atoms with van der Waals surface area (Å²) in [6.45, 7) is 0.452. The molecule has 0 aliphatic heterocycles. The van der Waals surface area contributed by atoms with E-state index in [1.807, 2.05) is 55.4 Å². The molecule has 1 N–H and O–H groups in total. The molecule has 0 aromatic heterocycles. The number of benzene rings is 2. The Hall–Kier alpha value is -2.04. The van der Waals surface area contributed by atoms with Crippen LogP contribution >= 0.6 is 11.6 Å². The molecule has 0 aliphatic carbocycles. The molecule has 4 nitrogen and oxygen atoms in total. The Morgan fingerprint density at radius 3 is 2.48 bits per heavy atom. The molecule has 2 aromatic carbocycles. The first-order chi connectivity index (χ1) is 11.0. The Kier molecular flexibility index (Phi) is 6.02. The van der Waals surface area contributed by atoms with Crippen molar-refractivity contribution in [2.45, 2.75) is 6.04 Å². The number of rotatable bonds is 6. The zero-order chi connectivity index (χ0) is 16.8. The van der Waals surface area contributed by atoms with Crippen molar-refractivity contribution < 1.29 is 9.53 Å². The highest BCUT2D eigenvalue weighted by Gasteiger charge is 2.19. The first kappa shape index (κ1) is 17.3. The number of ether oxygens (including phenoxy) is 1. The van der Waals surface area contributed by atoms with Crippen molar-refractivity contribution >= 4 is 17.5 Å². The monoisotopic (exact) mass is 332 g/mol. The highest BCUT2D eigenvalue weighted by atomic mass is 35.5. The molecular weight excluding hydrogens is 312 g/mol. The number of nitrogens with zero attached hydrogens (tertiary/aromatic N) is 1. The fraction of sp³-hybridized carbons (Fsp3) is 0.278. The second-order valence-corrected chi connectivity index (χ2v) is 5.82. The van der Waals surface area contributed by atoms with Crippen LogP contribution in [0, 0.1) is 0 Å². The van der Waals surface area contributed by atoms with Gasteiger partial charge in [-0.25, -0.2) is 0 Å². The van der Waals surface area contributed by atoms with Gasteiger partial charge in [0.1, 0.15) is 5.75 Å². The van der Waals surface area contributed by atoms with Crippen molar-refractivity contribution in [1.29, 1.82) is 0 Å². The van der Waals surface area contributed by atoms with E-state index in [9.17, 15) is 4.79 Å². The quantitative estimate of drug-likeness (QED) is 0.881. The third kappa shape index (κ3) is 4.24. The summed E-state index contributed by atoms with van der Waals surface area (Å²) in [4.78, 5) is 14.5. The fourth-order valence-electron chi connectivity index (χ4n) is 2.43. The molecule has 0 radical (unpaired) electrons. The molecule has 1 amide bonds. The molecule has 0 heterocycles. The summed E-state index contributed by atoms with van der Waals surface area (Å²) in [5, 5.41) is 3.65. The zero-order valence-electron chi connectivity index (χ0n) is 13.5. The average Bonchev–Trinajstić information content (AvgIpc) is 2.56. The molecule has 0 spiro atoms. The number of likely N-dealkylation sites (N-methyl/N-ethyl adjacent to an activating group) is 1. The van der Waals surface area contributed by atoms with E-state index in [1.165, 1.54) is 0 Å². The Labute approximate surface area is 142 Å². The van der Waals surface area contributed by atoms with E-state index >= 15 is 0 Å². The van der Waals surface area contributed by atoms with Gasteiger partial charge >= 0.3 is 0 Å². The van der Waals surface area contributed by atoms with Crippen LogP contribution in [0.25, 0.3) is 0 Å². The van der Waals surface area contributed by atoms with Gasteiger partial charge in [-0.05, 0) is 37.9 Å². The van der Waals surface area contributed by atoms with Gasteiger partial charge in [-0.15, -0.1) is 0 Å². The molecule has 2 aromatic rings. The predicted molar refractivity (Wildman–Crippen MR) is 93.2 cm³/mol. The van der Waals surface area contributed by atoms with Gasteiger partial charge in [-0.2, -0.15) is 0 Å². The molecule has 2 rings (SSSR count). The number of hydrogen-bond acceptors (Lipinski definition) is 3. The Bertz CT molecular complexity index is 674. The van der Waals surface area contributed by atoms with Crippen LogP contribution in [-0.4, -0.2) is 38.6 Å². The highest BCUT2D eigenvalue weighted by Crippen LogP contribution is 2.25. The van der Waals surface area contributed by atoms with Crippen LogP contribution in [0.1, 0.15) is 22.0 Å². The Morgan fingerprint density at radius 1 is 1.17 bits per heavy atom. The van der Waals surface area contributed by atoms with Crippen molar-refractivity contribution in [2.75, 3.05) is 27.7 Å². The molecule has 0 fully saturated rings. The molecule has 23 heavy (non-hydrogen) atoms. The number of halogens is 1. The van der Waals surface area contributed by atoms with E-state index in [0.717, 1.165) is 5.56 Å². The molecule has 0 saturated heterocycles. The van der Waals surface area contributed by atoms with Crippen molar-refractivity contribution in [1.82, 2.24) is 10.2 Å². The number of para-hydroxylation sites is 1. The highest BCUT2D eigenvalue weighted by molar-refractivity contribution is 6.31. The summed E-state index contributed by atoms with van der Waals surface area (Å²) in [7, 11) is 5.48. The largest absolute Gasteiger partial charge is 0.496 e. The van der Waals surface area contributed by atoms with E-state index in [2.05, 4.69) is 5.32 Å². The first-order valence-electron chi connectivity index (χ1n) is 7.36. The summed E-state index contributed by atoms with van der Waals surface area (Å²) >= 11 is 6.28. The lowest BCUT2D eigenvalue weighted by molar-refractivity contribution is 0.0939. The van der Waals surface area contributed by atoms with Gasteiger partial charge in [0.05, 0.1) is 18.7 Å². The summed E-state index contributed by atoms with van der Waals surface area (Å²) in [5.41, 5.74) is 1.51. The van der Waals surface area contributed by atoms with Gasteiger partial charge in [-0.3, -0.25) is 4.79 Å². The van der Waals surface area contributed by atoms with Crippen molar-refractivity contribution in [3.05, 3.63) is 64.7 Å². The summed E-state index contributed by atoms with van der Waals surface area (Å²) in [6.07, 6.45) is 0. The third-order valence-corrected chi connectivity index (χ3v) is 4.04. The van der Waals surface area contributed by atoms with Crippen LogP contribution < -0.4 is 10.1 Å². The van der Waals surface area contributed by atoms with Crippen LogP contribution in [0.15, 0.2) is 48.5 Å². The maximum Gasteiger partial charge on any atom is 0.255 e. The number of carbonyl (C=O) groups excluding carboxylic acids is 1. The molecular formula is C18H21ClN2O2.